The zero-order valence-electron chi connectivity index (χ0n) is 5.26. The van der Waals surface area contributed by atoms with Crippen molar-refractivity contribution < 1.29 is 4.74 Å². The average molecular weight is 112 g/mol. The molecule has 1 heteroatoms. The molecule has 0 radical (unpaired) electrons. The Hall–Kier alpha value is -0.0400. The van der Waals surface area contributed by atoms with Gasteiger partial charge in [-0.05, 0) is 25.2 Å². The van der Waals surface area contributed by atoms with E-state index in [1.807, 2.05) is 0 Å². The molecule has 3 aliphatic rings. The molecule has 0 aromatic rings. The molecule has 3 fully saturated rings. The number of hydrogen-bond donors (Lipinski definition) is 0. The Morgan fingerprint density at radius 2 is 1.62 bits per heavy atom. The van der Waals surface area contributed by atoms with E-state index in [0.29, 0.717) is 12.2 Å². The van der Waals surface area contributed by atoms with Crippen LogP contribution in [0.5, 0.6) is 0 Å². The van der Waals surface area contributed by atoms with Crippen molar-refractivity contribution in [2.24, 2.45) is 5.92 Å². The van der Waals surface area contributed by atoms with Crippen molar-refractivity contribution in [1.82, 2.24) is 0 Å². The van der Waals surface area contributed by atoms with Gasteiger partial charge in [0.25, 0.3) is 0 Å². The molecule has 46 valence electrons. The van der Waals surface area contributed by atoms with Gasteiger partial charge >= 0.3 is 0 Å². The van der Waals surface area contributed by atoms with Gasteiger partial charge in [0.15, 0.2) is 0 Å². The van der Waals surface area contributed by atoms with E-state index < -0.39 is 0 Å². The van der Waals surface area contributed by atoms with Crippen LogP contribution in [0.25, 0.3) is 0 Å². The molecule has 2 saturated heterocycles. The number of ether oxygens (including phenoxy) is 1. The minimum absolute atomic E-state index is 0.656. The first kappa shape index (κ1) is 4.80. The molecule has 0 amide bonds. The third-order valence-electron chi connectivity index (χ3n) is 2.24. The predicted octanol–water partition coefficient (Wildman–Crippen LogP) is 1.57. The SMILES string of the molecule is CC1CC2C[C@H](C1)O2. The fourth-order valence-electron chi connectivity index (χ4n) is 1.85. The minimum atomic E-state index is 0.656. The Morgan fingerprint density at radius 1 is 1.12 bits per heavy atom. The summed E-state index contributed by atoms with van der Waals surface area (Å²) in [6.07, 6.45) is 5.30. The number of fused-ring (bicyclic) bond motifs is 2. The average Bonchev–Trinajstić information content (AvgIpc) is 1.62. The molecule has 1 saturated carbocycles. The van der Waals surface area contributed by atoms with Gasteiger partial charge in [0.05, 0.1) is 12.2 Å². The molecular weight excluding hydrogens is 100 g/mol. The largest absolute Gasteiger partial charge is 0.375 e. The molecule has 0 spiro atoms. The smallest absolute Gasteiger partial charge is 0.0606 e. The van der Waals surface area contributed by atoms with Crippen LogP contribution in [0.15, 0.2) is 0 Å². The molecule has 8 heavy (non-hydrogen) atoms. The maximum Gasteiger partial charge on any atom is 0.0606 e. The lowest BCUT2D eigenvalue weighted by Crippen LogP contribution is -2.44. The summed E-state index contributed by atoms with van der Waals surface area (Å²) in [5.74, 6) is 0.937. The first-order valence-corrected chi connectivity index (χ1v) is 3.50. The summed E-state index contributed by atoms with van der Waals surface area (Å²) >= 11 is 0. The lowest BCUT2D eigenvalue weighted by Gasteiger charge is -2.44. The van der Waals surface area contributed by atoms with Gasteiger partial charge in [-0.3, -0.25) is 0 Å². The molecule has 1 nitrogen and oxygen atoms in total. The second-order valence-corrected chi connectivity index (χ2v) is 3.19. The lowest BCUT2D eigenvalue weighted by atomic mass is 9.82. The Balaban J connectivity index is 1.97. The summed E-state index contributed by atoms with van der Waals surface area (Å²) in [5.41, 5.74) is 0. The standard InChI is InChI=1S/C7H12O/c1-5-2-6-4-7(3-5)8-6/h5-7H,2-4H2,1H3/t5?,6-,7?/m0/s1. The maximum atomic E-state index is 5.45. The minimum Gasteiger partial charge on any atom is -0.375 e. The van der Waals surface area contributed by atoms with Crippen LogP contribution in [0.1, 0.15) is 26.2 Å². The highest BCUT2D eigenvalue weighted by Crippen LogP contribution is 2.37. The molecule has 2 heterocycles. The van der Waals surface area contributed by atoms with E-state index in [9.17, 15) is 0 Å². The second-order valence-electron chi connectivity index (χ2n) is 3.19. The van der Waals surface area contributed by atoms with Crippen LogP contribution in [-0.2, 0) is 4.74 Å². The van der Waals surface area contributed by atoms with Crippen molar-refractivity contribution >= 4 is 0 Å². The molecule has 3 rings (SSSR count). The van der Waals surface area contributed by atoms with Gasteiger partial charge in [0, 0.05) is 0 Å². The molecule has 0 aromatic carbocycles. The van der Waals surface area contributed by atoms with Crippen LogP contribution >= 0.6 is 0 Å². The number of rotatable bonds is 0. The van der Waals surface area contributed by atoms with Crippen molar-refractivity contribution in [3.05, 3.63) is 0 Å². The van der Waals surface area contributed by atoms with Crippen LogP contribution < -0.4 is 0 Å². The summed E-state index contributed by atoms with van der Waals surface area (Å²) in [6, 6.07) is 0. The second kappa shape index (κ2) is 1.47. The Morgan fingerprint density at radius 3 is 1.88 bits per heavy atom. The molecule has 3 atom stereocenters. The highest BCUT2D eigenvalue weighted by molar-refractivity contribution is 4.86. The van der Waals surface area contributed by atoms with E-state index in [-0.39, 0.29) is 0 Å². The van der Waals surface area contributed by atoms with Crippen LogP contribution in [0.3, 0.4) is 0 Å². The molecule has 2 bridgehead atoms. The summed E-state index contributed by atoms with van der Waals surface area (Å²) in [4.78, 5) is 0. The Kier molecular flexibility index (Phi) is 0.884. The quantitative estimate of drug-likeness (QED) is 0.462. The van der Waals surface area contributed by atoms with E-state index in [2.05, 4.69) is 6.92 Å². The zero-order chi connectivity index (χ0) is 5.56. The van der Waals surface area contributed by atoms with Crippen LogP contribution in [0, 0.1) is 5.92 Å². The third-order valence-corrected chi connectivity index (χ3v) is 2.24. The van der Waals surface area contributed by atoms with E-state index in [1.165, 1.54) is 19.3 Å². The summed E-state index contributed by atoms with van der Waals surface area (Å²) < 4.78 is 5.45. The first-order valence-electron chi connectivity index (χ1n) is 3.50. The van der Waals surface area contributed by atoms with Gasteiger partial charge in [-0.2, -0.15) is 0 Å². The lowest BCUT2D eigenvalue weighted by molar-refractivity contribution is -0.170. The van der Waals surface area contributed by atoms with E-state index in [0.717, 1.165) is 5.92 Å². The Labute approximate surface area is 50.0 Å². The van der Waals surface area contributed by atoms with Gasteiger partial charge in [-0.15, -0.1) is 0 Å². The molecule has 0 N–H and O–H groups in total. The van der Waals surface area contributed by atoms with Crippen molar-refractivity contribution in [3.63, 3.8) is 0 Å². The normalized spacial score (nSPS) is 52.9. The molecule has 1 aliphatic carbocycles. The van der Waals surface area contributed by atoms with Gasteiger partial charge < -0.3 is 4.74 Å². The summed E-state index contributed by atoms with van der Waals surface area (Å²) in [6.45, 7) is 2.32. The topological polar surface area (TPSA) is 9.23 Å². The van der Waals surface area contributed by atoms with Crippen molar-refractivity contribution in [2.45, 2.75) is 38.4 Å². The van der Waals surface area contributed by atoms with Crippen molar-refractivity contribution in [1.29, 1.82) is 0 Å². The van der Waals surface area contributed by atoms with Gasteiger partial charge in [0.2, 0.25) is 0 Å². The fraction of sp³-hybridized carbons (Fsp3) is 1.00. The summed E-state index contributed by atoms with van der Waals surface area (Å²) in [5, 5.41) is 0. The van der Waals surface area contributed by atoms with Gasteiger partial charge in [0.1, 0.15) is 0 Å². The van der Waals surface area contributed by atoms with Crippen molar-refractivity contribution in [2.75, 3.05) is 0 Å². The highest BCUT2D eigenvalue weighted by Gasteiger charge is 2.37. The highest BCUT2D eigenvalue weighted by atomic mass is 16.5. The van der Waals surface area contributed by atoms with E-state index >= 15 is 0 Å². The number of hydrogen-bond acceptors (Lipinski definition) is 1. The zero-order valence-corrected chi connectivity index (χ0v) is 5.26. The van der Waals surface area contributed by atoms with Gasteiger partial charge in [-0.1, -0.05) is 6.92 Å². The van der Waals surface area contributed by atoms with Crippen LogP contribution in [-0.4, -0.2) is 12.2 Å². The molecular formula is C7H12O. The fourth-order valence-corrected chi connectivity index (χ4v) is 1.85. The summed E-state index contributed by atoms with van der Waals surface area (Å²) in [7, 11) is 0. The monoisotopic (exact) mass is 112 g/mol. The predicted molar refractivity (Wildman–Crippen MR) is 31.7 cm³/mol. The first-order chi connectivity index (χ1) is 3.84. The van der Waals surface area contributed by atoms with Crippen LogP contribution in [0.4, 0.5) is 0 Å². The van der Waals surface area contributed by atoms with E-state index in [4.69, 9.17) is 4.74 Å². The molecule has 0 aromatic heterocycles. The van der Waals surface area contributed by atoms with Gasteiger partial charge in [-0.25, -0.2) is 0 Å². The van der Waals surface area contributed by atoms with E-state index in [1.54, 1.807) is 0 Å². The Bertz CT molecular complexity index is 84.6. The van der Waals surface area contributed by atoms with Crippen LogP contribution in [0.2, 0.25) is 0 Å². The third kappa shape index (κ3) is 0.576. The maximum absolute atomic E-state index is 5.45. The van der Waals surface area contributed by atoms with Crippen molar-refractivity contribution in [3.8, 4) is 0 Å². The molecule has 2 unspecified atom stereocenters. The molecule has 2 aliphatic heterocycles.